The smallest absolute Gasteiger partial charge is 0.482 e. The van der Waals surface area contributed by atoms with Crippen LogP contribution in [0.25, 0.3) is 0 Å². The van der Waals surface area contributed by atoms with Crippen LogP contribution in [0.5, 0.6) is 11.5 Å². The van der Waals surface area contributed by atoms with Gasteiger partial charge in [-0.25, -0.2) is 0 Å². The van der Waals surface area contributed by atoms with Gasteiger partial charge in [-0.3, -0.25) is 14.5 Å². The number of hydrogen-bond donors (Lipinski definition) is 0. The Hall–Kier alpha value is -3.27. The molecule has 2 heterocycles. The van der Waals surface area contributed by atoms with Gasteiger partial charge in [0.15, 0.2) is 6.61 Å². The maximum Gasteiger partial charge on any atom is 0.573 e. The van der Waals surface area contributed by atoms with Crippen molar-refractivity contribution >= 4 is 17.5 Å². The van der Waals surface area contributed by atoms with Crippen LogP contribution in [-0.4, -0.2) is 67.3 Å². The van der Waals surface area contributed by atoms with Crippen LogP contribution in [-0.2, 0) is 16.1 Å². The fourth-order valence-corrected chi connectivity index (χ4v) is 3.97. The molecule has 4 rings (SSSR count). The van der Waals surface area contributed by atoms with Gasteiger partial charge in [0, 0.05) is 45.7 Å². The fraction of sp³-hybridized carbons (Fsp3) is 0.391. The highest BCUT2D eigenvalue weighted by molar-refractivity contribution is 5.98. The van der Waals surface area contributed by atoms with Gasteiger partial charge in [-0.15, -0.1) is 13.2 Å². The lowest BCUT2D eigenvalue weighted by Crippen LogP contribution is -2.49. The molecular formula is C23H24F3N3O4. The van der Waals surface area contributed by atoms with E-state index in [0.717, 1.165) is 5.56 Å². The van der Waals surface area contributed by atoms with Gasteiger partial charge in [0.25, 0.3) is 5.91 Å². The molecule has 0 aromatic heterocycles. The average molecular weight is 463 g/mol. The lowest BCUT2D eigenvalue weighted by Gasteiger charge is -2.35. The van der Waals surface area contributed by atoms with E-state index in [2.05, 4.69) is 9.64 Å². The normalized spacial score (nSPS) is 16.9. The third-order valence-electron chi connectivity index (χ3n) is 5.65. The Bertz CT molecular complexity index is 989. The maximum absolute atomic E-state index is 12.7. The molecule has 7 nitrogen and oxygen atoms in total. The number of anilines is 1. The van der Waals surface area contributed by atoms with Crippen LogP contribution in [0.3, 0.4) is 0 Å². The number of alkyl halides is 3. The number of carbonyl (C=O) groups is 2. The van der Waals surface area contributed by atoms with Crippen LogP contribution in [0.1, 0.15) is 12.0 Å². The SMILES string of the molecule is O=C(CCN1C(=O)COc2ccccc21)N1CCN(Cc2ccc(OC(F)(F)F)cc2)CC1. The number of hydrogen-bond acceptors (Lipinski definition) is 5. The molecule has 176 valence electrons. The molecule has 0 saturated carbocycles. The molecule has 0 atom stereocenters. The molecule has 1 fully saturated rings. The first-order chi connectivity index (χ1) is 15.8. The lowest BCUT2D eigenvalue weighted by molar-refractivity contribution is -0.274. The molecule has 0 aliphatic carbocycles. The van der Waals surface area contributed by atoms with Gasteiger partial charge in [0.05, 0.1) is 5.69 Å². The summed E-state index contributed by atoms with van der Waals surface area (Å²) >= 11 is 0. The van der Waals surface area contributed by atoms with Gasteiger partial charge in [-0.2, -0.15) is 0 Å². The largest absolute Gasteiger partial charge is 0.573 e. The van der Waals surface area contributed by atoms with Crippen molar-refractivity contribution in [2.75, 3.05) is 44.2 Å². The third kappa shape index (κ3) is 5.95. The van der Waals surface area contributed by atoms with Crippen molar-refractivity contribution in [2.45, 2.75) is 19.3 Å². The van der Waals surface area contributed by atoms with Crippen LogP contribution in [0, 0.1) is 0 Å². The van der Waals surface area contributed by atoms with Crippen molar-refractivity contribution in [1.82, 2.24) is 9.80 Å². The van der Waals surface area contributed by atoms with E-state index < -0.39 is 6.36 Å². The third-order valence-corrected chi connectivity index (χ3v) is 5.65. The number of para-hydroxylation sites is 2. The molecule has 2 aliphatic rings. The van der Waals surface area contributed by atoms with Gasteiger partial charge in [-0.1, -0.05) is 24.3 Å². The first-order valence-corrected chi connectivity index (χ1v) is 10.7. The van der Waals surface area contributed by atoms with Crippen molar-refractivity contribution in [3.8, 4) is 11.5 Å². The second-order valence-electron chi connectivity index (χ2n) is 7.90. The zero-order chi connectivity index (χ0) is 23.4. The van der Waals surface area contributed by atoms with E-state index in [9.17, 15) is 22.8 Å². The topological polar surface area (TPSA) is 62.3 Å². The number of carbonyl (C=O) groups excluding carboxylic acids is 2. The van der Waals surface area contributed by atoms with Crippen LogP contribution >= 0.6 is 0 Å². The first kappa shape index (κ1) is 22.9. The average Bonchev–Trinajstić information content (AvgIpc) is 2.79. The second-order valence-corrected chi connectivity index (χ2v) is 7.90. The Morgan fingerprint density at radius 2 is 1.70 bits per heavy atom. The molecular weight excluding hydrogens is 439 g/mol. The van der Waals surface area contributed by atoms with Crippen LogP contribution in [0.15, 0.2) is 48.5 Å². The van der Waals surface area contributed by atoms with Crippen LogP contribution in [0.2, 0.25) is 0 Å². The molecule has 0 unspecified atom stereocenters. The Morgan fingerprint density at radius 1 is 1.00 bits per heavy atom. The summed E-state index contributed by atoms with van der Waals surface area (Å²) in [5, 5.41) is 0. The lowest BCUT2D eigenvalue weighted by atomic mass is 10.2. The summed E-state index contributed by atoms with van der Waals surface area (Å²) in [4.78, 5) is 30.5. The van der Waals surface area contributed by atoms with Gasteiger partial charge in [-0.05, 0) is 29.8 Å². The van der Waals surface area contributed by atoms with Crippen molar-refractivity contribution in [3.05, 3.63) is 54.1 Å². The minimum atomic E-state index is -4.71. The molecule has 10 heteroatoms. The summed E-state index contributed by atoms with van der Waals surface area (Å²) in [5.74, 6) is 0.206. The second kappa shape index (κ2) is 9.70. The number of benzene rings is 2. The number of halogens is 3. The summed E-state index contributed by atoms with van der Waals surface area (Å²) in [6, 6.07) is 13.1. The highest BCUT2D eigenvalue weighted by atomic mass is 19.4. The molecule has 2 aromatic rings. The highest BCUT2D eigenvalue weighted by Crippen LogP contribution is 2.31. The van der Waals surface area contributed by atoms with E-state index in [4.69, 9.17) is 4.74 Å². The van der Waals surface area contributed by atoms with Crippen molar-refractivity contribution < 1.29 is 32.2 Å². The maximum atomic E-state index is 12.7. The fourth-order valence-electron chi connectivity index (χ4n) is 3.97. The minimum Gasteiger partial charge on any atom is -0.482 e. The minimum absolute atomic E-state index is 0.0138. The van der Waals surface area contributed by atoms with E-state index in [1.165, 1.54) is 12.1 Å². The molecule has 2 amide bonds. The summed E-state index contributed by atoms with van der Waals surface area (Å²) in [6.07, 6.45) is -4.48. The van der Waals surface area contributed by atoms with E-state index in [1.807, 2.05) is 12.1 Å². The summed E-state index contributed by atoms with van der Waals surface area (Å²) in [6.45, 7) is 3.27. The van der Waals surface area contributed by atoms with Crippen LogP contribution < -0.4 is 14.4 Å². The number of fused-ring (bicyclic) bond motifs is 1. The standard InChI is InChI=1S/C23H24F3N3O4/c24-23(25,26)33-18-7-5-17(6-8-18)15-27-11-13-28(14-12-27)21(30)9-10-29-19-3-1-2-4-20(19)32-16-22(29)31/h1-8H,9-16H2. The van der Waals surface area contributed by atoms with Gasteiger partial charge in [0.2, 0.25) is 5.91 Å². The van der Waals surface area contributed by atoms with Crippen molar-refractivity contribution in [1.29, 1.82) is 0 Å². The molecule has 0 bridgehead atoms. The summed E-state index contributed by atoms with van der Waals surface area (Å²) in [7, 11) is 0. The molecule has 2 aliphatic heterocycles. The molecule has 33 heavy (non-hydrogen) atoms. The Morgan fingerprint density at radius 3 is 2.39 bits per heavy atom. The predicted molar refractivity (Wildman–Crippen MR) is 114 cm³/mol. The van der Waals surface area contributed by atoms with Crippen LogP contribution in [0.4, 0.5) is 18.9 Å². The van der Waals surface area contributed by atoms with Crippen molar-refractivity contribution in [3.63, 3.8) is 0 Å². The predicted octanol–water partition coefficient (Wildman–Crippen LogP) is 3.05. The number of amides is 2. The van der Waals surface area contributed by atoms with Gasteiger partial charge in [0.1, 0.15) is 11.5 Å². The molecule has 0 N–H and O–H groups in total. The highest BCUT2D eigenvalue weighted by Gasteiger charge is 2.31. The Kier molecular flexibility index (Phi) is 6.73. The first-order valence-electron chi connectivity index (χ1n) is 10.7. The number of rotatable bonds is 6. The molecule has 2 aromatic carbocycles. The number of nitrogens with zero attached hydrogens (tertiary/aromatic N) is 3. The number of ether oxygens (including phenoxy) is 2. The monoisotopic (exact) mass is 463 g/mol. The molecule has 1 saturated heterocycles. The van der Waals surface area contributed by atoms with E-state index in [-0.39, 0.29) is 30.6 Å². The van der Waals surface area contributed by atoms with Gasteiger partial charge < -0.3 is 19.3 Å². The van der Waals surface area contributed by atoms with E-state index in [1.54, 1.807) is 34.1 Å². The number of piperazine rings is 1. The Labute approximate surface area is 189 Å². The van der Waals surface area contributed by atoms with Gasteiger partial charge >= 0.3 is 6.36 Å². The van der Waals surface area contributed by atoms with Crippen molar-refractivity contribution in [2.24, 2.45) is 0 Å². The summed E-state index contributed by atoms with van der Waals surface area (Å²) in [5.41, 5.74) is 1.55. The zero-order valence-corrected chi connectivity index (χ0v) is 17.9. The quantitative estimate of drug-likeness (QED) is 0.659. The zero-order valence-electron chi connectivity index (χ0n) is 17.9. The molecule has 0 radical (unpaired) electrons. The van der Waals surface area contributed by atoms with E-state index in [0.29, 0.717) is 50.7 Å². The van der Waals surface area contributed by atoms with E-state index >= 15 is 0 Å². The Balaban J connectivity index is 1.24. The summed E-state index contributed by atoms with van der Waals surface area (Å²) < 4.78 is 46.1. The molecule has 0 spiro atoms.